The standard InChI is InChI=1S/C18H23FN2O2/c1-12-8-13(2)11-21(10-12)17(22)18(3)9-16(20-23-18)14-6-4-5-7-15(14)19/h4-7,12-13H,8-11H2,1-3H3/t12-,13-,18+/m1/s1. The van der Waals surface area contributed by atoms with Gasteiger partial charge in [-0.15, -0.1) is 0 Å². The molecule has 4 nitrogen and oxygen atoms in total. The summed E-state index contributed by atoms with van der Waals surface area (Å²) < 4.78 is 13.9. The maximum Gasteiger partial charge on any atom is 0.269 e. The number of hydrogen-bond donors (Lipinski definition) is 0. The van der Waals surface area contributed by atoms with Gasteiger partial charge in [-0.25, -0.2) is 4.39 Å². The van der Waals surface area contributed by atoms with E-state index in [0.29, 0.717) is 29.5 Å². The second-order valence-electron chi connectivity index (χ2n) is 7.17. The molecule has 2 aliphatic heterocycles. The molecule has 0 radical (unpaired) electrons. The largest absolute Gasteiger partial charge is 0.379 e. The summed E-state index contributed by atoms with van der Waals surface area (Å²) in [6.07, 6.45) is 1.43. The van der Waals surface area contributed by atoms with E-state index in [-0.39, 0.29) is 11.7 Å². The van der Waals surface area contributed by atoms with E-state index in [2.05, 4.69) is 19.0 Å². The predicted molar refractivity (Wildman–Crippen MR) is 86.6 cm³/mol. The van der Waals surface area contributed by atoms with Gasteiger partial charge in [-0.05, 0) is 31.2 Å². The Balaban J connectivity index is 1.75. The predicted octanol–water partition coefficient (Wildman–Crippen LogP) is 3.21. The number of benzene rings is 1. The lowest BCUT2D eigenvalue weighted by atomic mass is 9.89. The molecule has 0 N–H and O–H groups in total. The van der Waals surface area contributed by atoms with Gasteiger partial charge in [0.2, 0.25) is 5.60 Å². The average molecular weight is 318 g/mol. The summed E-state index contributed by atoms with van der Waals surface area (Å²) in [5.74, 6) is 0.581. The fourth-order valence-electron chi connectivity index (χ4n) is 3.66. The summed E-state index contributed by atoms with van der Waals surface area (Å²) in [5, 5.41) is 4.00. The van der Waals surface area contributed by atoms with Crippen LogP contribution in [-0.4, -0.2) is 35.2 Å². The zero-order valence-corrected chi connectivity index (χ0v) is 13.9. The minimum atomic E-state index is -1.03. The van der Waals surface area contributed by atoms with Gasteiger partial charge < -0.3 is 9.74 Å². The van der Waals surface area contributed by atoms with Gasteiger partial charge in [0.05, 0.1) is 5.71 Å². The van der Waals surface area contributed by atoms with E-state index in [1.165, 1.54) is 6.07 Å². The van der Waals surface area contributed by atoms with E-state index in [1.807, 2.05) is 4.90 Å². The van der Waals surface area contributed by atoms with Crippen molar-refractivity contribution >= 4 is 11.6 Å². The molecule has 124 valence electrons. The molecule has 1 aromatic rings. The Morgan fingerprint density at radius 2 is 1.96 bits per heavy atom. The second kappa shape index (κ2) is 5.95. The van der Waals surface area contributed by atoms with Gasteiger partial charge >= 0.3 is 0 Å². The minimum Gasteiger partial charge on any atom is -0.379 e. The quantitative estimate of drug-likeness (QED) is 0.840. The molecular weight excluding hydrogens is 295 g/mol. The molecule has 23 heavy (non-hydrogen) atoms. The summed E-state index contributed by atoms with van der Waals surface area (Å²) in [7, 11) is 0. The molecule has 0 spiro atoms. The van der Waals surface area contributed by atoms with E-state index in [1.54, 1.807) is 25.1 Å². The topological polar surface area (TPSA) is 41.9 Å². The molecule has 3 atom stereocenters. The average Bonchev–Trinajstić information content (AvgIpc) is 2.89. The molecule has 0 bridgehead atoms. The van der Waals surface area contributed by atoms with Gasteiger partial charge in [0.15, 0.2) is 0 Å². The van der Waals surface area contributed by atoms with Crippen molar-refractivity contribution in [3.05, 3.63) is 35.6 Å². The Labute approximate surface area is 136 Å². The van der Waals surface area contributed by atoms with Crippen LogP contribution in [-0.2, 0) is 9.63 Å². The lowest BCUT2D eigenvalue weighted by Gasteiger charge is -2.38. The van der Waals surface area contributed by atoms with Crippen molar-refractivity contribution < 1.29 is 14.0 Å². The van der Waals surface area contributed by atoms with E-state index in [0.717, 1.165) is 19.5 Å². The Hall–Kier alpha value is -1.91. The number of oxime groups is 1. The second-order valence-corrected chi connectivity index (χ2v) is 7.17. The van der Waals surface area contributed by atoms with Gasteiger partial charge in [-0.2, -0.15) is 0 Å². The van der Waals surface area contributed by atoms with Crippen LogP contribution in [0.3, 0.4) is 0 Å². The highest BCUT2D eigenvalue weighted by Gasteiger charge is 2.46. The number of rotatable bonds is 2. The van der Waals surface area contributed by atoms with Crippen LogP contribution in [0.15, 0.2) is 29.4 Å². The molecule has 0 unspecified atom stereocenters. The maximum atomic E-state index is 13.9. The highest BCUT2D eigenvalue weighted by Crippen LogP contribution is 2.31. The summed E-state index contributed by atoms with van der Waals surface area (Å²) in [6, 6.07) is 6.45. The van der Waals surface area contributed by atoms with E-state index in [9.17, 15) is 9.18 Å². The number of likely N-dealkylation sites (tertiary alicyclic amines) is 1. The number of halogens is 1. The normalized spacial score (nSPS) is 30.8. The Morgan fingerprint density at radius 3 is 2.61 bits per heavy atom. The molecule has 0 aliphatic carbocycles. The van der Waals surface area contributed by atoms with Crippen LogP contribution >= 0.6 is 0 Å². The Bertz CT molecular complexity index is 636. The van der Waals surface area contributed by atoms with Gasteiger partial charge in [-0.3, -0.25) is 4.79 Å². The van der Waals surface area contributed by atoms with Crippen molar-refractivity contribution in [2.75, 3.05) is 13.1 Å². The van der Waals surface area contributed by atoms with Crippen molar-refractivity contribution in [2.45, 2.75) is 39.2 Å². The molecule has 5 heteroatoms. The minimum absolute atomic E-state index is 0.0500. The highest BCUT2D eigenvalue weighted by molar-refractivity contribution is 6.05. The molecule has 2 aliphatic rings. The first-order valence-corrected chi connectivity index (χ1v) is 8.18. The molecule has 0 saturated carbocycles. The van der Waals surface area contributed by atoms with Crippen LogP contribution in [0.25, 0.3) is 0 Å². The van der Waals surface area contributed by atoms with Gasteiger partial charge in [-0.1, -0.05) is 37.2 Å². The first-order chi connectivity index (χ1) is 10.9. The zero-order chi connectivity index (χ0) is 16.6. The summed E-state index contributed by atoms with van der Waals surface area (Å²) in [4.78, 5) is 20.3. The molecule has 1 fully saturated rings. The monoisotopic (exact) mass is 318 g/mol. The van der Waals surface area contributed by atoms with Crippen molar-refractivity contribution in [3.8, 4) is 0 Å². The number of amides is 1. The molecule has 1 saturated heterocycles. The number of piperidine rings is 1. The van der Waals surface area contributed by atoms with E-state index >= 15 is 0 Å². The number of hydrogen-bond acceptors (Lipinski definition) is 3. The van der Waals surface area contributed by atoms with Crippen LogP contribution in [0.4, 0.5) is 4.39 Å². The number of carbonyl (C=O) groups is 1. The smallest absolute Gasteiger partial charge is 0.269 e. The third kappa shape index (κ3) is 3.09. The Morgan fingerprint density at radius 1 is 1.30 bits per heavy atom. The van der Waals surface area contributed by atoms with E-state index < -0.39 is 5.60 Å². The van der Waals surface area contributed by atoms with Crippen molar-refractivity contribution in [2.24, 2.45) is 17.0 Å². The molecule has 1 amide bonds. The summed E-state index contributed by atoms with van der Waals surface area (Å²) >= 11 is 0. The summed E-state index contributed by atoms with van der Waals surface area (Å²) in [6.45, 7) is 7.56. The lowest BCUT2D eigenvalue weighted by molar-refractivity contribution is -0.156. The zero-order valence-electron chi connectivity index (χ0n) is 13.9. The van der Waals surface area contributed by atoms with Gasteiger partial charge in [0.25, 0.3) is 5.91 Å². The molecule has 1 aromatic carbocycles. The molecule has 2 heterocycles. The fraction of sp³-hybridized carbons (Fsp3) is 0.556. The SMILES string of the molecule is C[C@@H]1C[C@@H](C)CN(C(=O)[C@]2(C)CC(c3ccccc3F)=NO2)C1. The first kappa shape index (κ1) is 16.0. The third-order valence-electron chi connectivity index (χ3n) is 4.66. The number of nitrogens with zero attached hydrogens (tertiary/aromatic N) is 2. The van der Waals surface area contributed by atoms with Crippen LogP contribution in [0.2, 0.25) is 0 Å². The first-order valence-electron chi connectivity index (χ1n) is 8.18. The van der Waals surface area contributed by atoms with Crippen LogP contribution in [0, 0.1) is 17.7 Å². The molecule has 3 rings (SSSR count). The van der Waals surface area contributed by atoms with E-state index in [4.69, 9.17) is 4.84 Å². The van der Waals surface area contributed by atoms with Crippen molar-refractivity contribution in [3.63, 3.8) is 0 Å². The fourth-order valence-corrected chi connectivity index (χ4v) is 3.66. The lowest BCUT2D eigenvalue weighted by Crippen LogP contribution is -2.52. The molecule has 0 aromatic heterocycles. The van der Waals surface area contributed by atoms with Gasteiger partial charge in [0, 0.05) is 25.1 Å². The highest BCUT2D eigenvalue weighted by atomic mass is 19.1. The number of carbonyl (C=O) groups excluding carboxylic acids is 1. The van der Waals surface area contributed by atoms with Gasteiger partial charge in [0.1, 0.15) is 5.82 Å². The summed E-state index contributed by atoms with van der Waals surface area (Å²) in [5.41, 5.74) is -0.129. The van der Waals surface area contributed by atoms with Crippen LogP contribution < -0.4 is 0 Å². The van der Waals surface area contributed by atoms with Crippen LogP contribution in [0.1, 0.15) is 39.2 Å². The van der Waals surface area contributed by atoms with Crippen molar-refractivity contribution in [1.29, 1.82) is 0 Å². The van der Waals surface area contributed by atoms with Crippen LogP contribution in [0.5, 0.6) is 0 Å². The van der Waals surface area contributed by atoms with Crippen molar-refractivity contribution in [1.82, 2.24) is 4.90 Å². The third-order valence-corrected chi connectivity index (χ3v) is 4.66. The molecular formula is C18H23FN2O2. The maximum absolute atomic E-state index is 13.9. The Kier molecular flexibility index (Phi) is 4.13.